The van der Waals surface area contributed by atoms with Gasteiger partial charge in [0.1, 0.15) is 5.41 Å². The number of halogens is 2. The quantitative estimate of drug-likeness (QED) is 0.924. The first kappa shape index (κ1) is 15.7. The number of piperidine rings is 1. The Labute approximate surface area is 124 Å². The van der Waals surface area contributed by atoms with Gasteiger partial charge in [-0.2, -0.15) is 0 Å². The Morgan fingerprint density at radius 3 is 2.62 bits per heavy atom. The molecular formula is C16H22F2N2O. The molecule has 0 radical (unpaired) electrons. The van der Waals surface area contributed by atoms with Crippen LogP contribution in [0.4, 0.5) is 14.5 Å². The SMILES string of the molecule is CC(C)(C(=O)N1CCCC(Nc2ccccc2)C1)C(F)F. The van der Waals surface area contributed by atoms with Crippen LogP contribution in [0.5, 0.6) is 0 Å². The molecule has 0 spiro atoms. The van der Waals surface area contributed by atoms with Crippen molar-refractivity contribution in [1.82, 2.24) is 4.90 Å². The van der Waals surface area contributed by atoms with Crippen molar-refractivity contribution in [2.24, 2.45) is 5.41 Å². The third-order valence-electron chi connectivity index (χ3n) is 3.95. The topological polar surface area (TPSA) is 32.3 Å². The van der Waals surface area contributed by atoms with Gasteiger partial charge in [-0.15, -0.1) is 0 Å². The molecule has 1 N–H and O–H groups in total. The lowest BCUT2D eigenvalue weighted by Gasteiger charge is -2.37. The largest absolute Gasteiger partial charge is 0.381 e. The fourth-order valence-electron chi connectivity index (χ4n) is 2.55. The van der Waals surface area contributed by atoms with Crippen LogP contribution in [0.25, 0.3) is 0 Å². The van der Waals surface area contributed by atoms with Gasteiger partial charge in [0.05, 0.1) is 0 Å². The van der Waals surface area contributed by atoms with Crippen molar-refractivity contribution < 1.29 is 13.6 Å². The number of para-hydroxylation sites is 1. The molecular weight excluding hydrogens is 274 g/mol. The summed E-state index contributed by atoms with van der Waals surface area (Å²) >= 11 is 0. The molecule has 0 saturated carbocycles. The molecule has 1 fully saturated rings. The van der Waals surface area contributed by atoms with Gasteiger partial charge in [0, 0.05) is 24.8 Å². The van der Waals surface area contributed by atoms with E-state index < -0.39 is 17.7 Å². The summed E-state index contributed by atoms with van der Waals surface area (Å²) in [5, 5.41) is 3.36. The van der Waals surface area contributed by atoms with Gasteiger partial charge >= 0.3 is 0 Å². The molecule has 0 aromatic heterocycles. The maximum Gasteiger partial charge on any atom is 0.252 e. The number of carbonyl (C=O) groups excluding carboxylic acids is 1. The number of rotatable bonds is 4. The fraction of sp³-hybridized carbons (Fsp3) is 0.562. The van der Waals surface area contributed by atoms with Crippen LogP contribution >= 0.6 is 0 Å². The first-order chi connectivity index (χ1) is 9.91. The highest BCUT2D eigenvalue weighted by Gasteiger charge is 2.41. The Hall–Kier alpha value is -1.65. The van der Waals surface area contributed by atoms with Crippen molar-refractivity contribution >= 4 is 11.6 Å². The van der Waals surface area contributed by atoms with Crippen LogP contribution < -0.4 is 5.32 Å². The van der Waals surface area contributed by atoms with E-state index in [1.807, 2.05) is 30.3 Å². The van der Waals surface area contributed by atoms with Crippen molar-refractivity contribution in [3.8, 4) is 0 Å². The number of alkyl halides is 2. The summed E-state index contributed by atoms with van der Waals surface area (Å²) in [6.07, 6.45) is -0.879. The van der Waals surface area contributed by atoms with Crippen LogP contribution in [0.1, 0.15) is 26.7 Å². The van der Waals surface area contributed by atoms with Gasteiger partial charge in [0.25, 0.3) is 6.43 Å². The highest BCUT2D eigenvalue weighted by molar-refractivity contribution is 5.82. The van der Waals surface area contributed by atoms with E-state index >= 15 is 0 Å². The molecule has 2 rings (SSSR count). The van der Waals surface area contributed by atoms with Crippen LogP contribution in [0.15, 0.2) is 30.3 Å². The molecule has 1 aromatic rings. The van der Waals surface area contributed by atoms with E-state index in [-0.39, 0.29) is 6.04 Å². The Morgan fingerprint density at radius 2 is 2.00 bits per heavy atom. The van der Waals surface area contributed by atoms with Crippen molar-refractivity contribution in [3.05, 3.63) is 30.3 Å². The monoisotopic (exact) mass is 296 g/mol. The lowest BCUT2D eigenvalue weighted by atomic mass is 9.90. The molecule has 1 unspecified atom stereocenters. The summed E-state index contributed by atoms with van der Waals surface area (Å²) in [6, 6.07) is 9.85. The average Bonchev–Trinajstić information content (AvgIpc) is 2.47. The summed E-state index contributed by atoms with van der Waals surface area (Å²) in [5.74, 6) is -0.461. The number of hydrogen-bond acceptors (Lipinski definition) is 2. The van der Waals surface area contributed by atoms with Crippen molar-refractivity contribution in [1.29, 1.82) is 0 Å². The first-order valence-corrected chi connectivity index (χ1v) is 7.30. The second kappa shape index (κ2) is 6.41. The molecule has 1 aliphatic heterocycles. The van der Waals surface area contributed by atoms with Gasteiger partial charge < -0.3 is 10.2 Å². The Morgan fingerprint density at radius 1 is 1.33 bits per heavy atom. The summed E-state index contributed by atoms with van der Waals surface area (Å²) in [4.78, 5) is 13.8. The summed E-state index contributed by atoms with van der Waals surface area (Å²) in [6.45, 7) is 3.66. The standard InChI is InChI=1S/C16H22F2N2O/c1-16(2,14(17)18)15(21)20-10-6-9-13(11-20)19-12-7-4-3-5-8-12/h3-5,7-8,13-14,19H,6,9-11H2,1-2H3. The zero-order chi connectivity index (χ0) is 15.5. The van der Waals surface area contributed by atoms with Crippen LogP contribution in [-0.2, 0) is 4.79 Å². The third-order valence-corrected chi connectivity index (χ3v) is 3.95. The smallest absolute Gasteiger partial charge is 0.252 e. The molecule has 1 heterocycles. The molecule has 1 atom stereocenters. The van der Waals surface area contributed by atoms with Crippen molar-refractivity contribution in [3.63, 3.8) is 0 Å². The van der Waals surface area contributed by atoms with E-state index in [9.17, 15) is 13.6 Å². The van der Waals surface area contributed by atoms with Crippen molar-refractivity contribution in [2.45, 2.75) is 39.2 Å². The van der Waals surface area contributed by atoms with E-state index in [0.717, 1.165) is 18.5 Å². The number of nitrogens with one attached hydrogen (secondary N) is 1. The second-order valence-corrected chi connectivity index (χ2v) is 6.12. The highest BCUT2D eigenvalue weighted by Crippen LogP contribution is 2.29. The molecule has 0 aliphatic carbocycles. The molecule has 1 aliphatic rings. The van der Waals surface area contributed by atoms with Gasteiger partial charge in [-0.1, -0.05) is 18.2 Å². The Balaban J connectivity index is 1.99. The Bertz CT molecular complexity index is 476. The van der Waals surface area contributed by atoms with Crippen LogP contribution in [0.3, 0.4) is 0 Å². The average molecular weight is 296 g/mol. The van der Waals surface area contributed by atoms with E-state index in [4.69, 9.17) is 0 Å². The predicted molar refractivity (Wildman–Crippen MR) is 79.5 cm³/mol. The molecule has 3 nitrogen and oxygen atoms in total. The zero-order valence-corrected chi connectivity index (χ0v) is 12.5. The number of benzene rings is 1. The number of hydrogen-bond donors (Lipinski definition) is 1. The summed E-state index contributed by atoms with van der Waals surface area (Å²) < 4.78 is 26.0. The molecule has 1 saturated heterocycles. The van der Waals surface area contributed by atoms with Crippen LogP contribution in [0.2, 0.25) is 0 Å². The number of likely N-dealkylation sites (tertiary alicyclic amines) is 1. The summed E-state index contributed by atoms with van der Waals surface area (Å²) in [7, 11) is 0. The molecule has 1 aromatic carbocycles. The lowest BCUT2D eigenvalue weighted by molar-refractivity contribution is -0.149. The van der Waals surface area contributed by atoms with Crippen LogP contribution in [0, 0.1) is 5.41 Å². The number of amides is 1. The summed E-state index contributed by atoms with van der Waals surface area (Å²) in [5.41, 5.74) is -0.626. The number of anilines is 1. The molecule has 0 bridgehead atoms. The molecule has 1 amide bonds. The predicted octanol–water partition coefficient (Wildman–Crippen LogP) is 3.38. The maximum absolute atomic E-state index is 13.0. The maximum atomic E-state index is 13.0. The van der Waals surface area contributed by atoms with Gasteiger partial charge in [-0.25, -0.2) is 8.78 Å². The second-order valence-electron chi connectivity index (χ2n) is 6.12. The van der Waals surface area contributed by atoms with E-state index in [1.165, 1.54) is 13.8 Å². The number of carbonyl (C=O) groups is 1. The third kappa shape index (κ3) is 3.71. The van der Waals surface area contributed by atoms with Gasteiger partial charge in [0.15, 0.2) is 0 Å². The zero-order valence-electron chi connectivity index (χ0n) is 12.5. The van der Waals surface area contributed by atoms with E-state index in [1.54, 1.807) is 4.90 Å². The molecule has 116 valence electrons. The minimum Gasteiger partial charge on any atom is -0.381 e. The van der Waals surface area contributed by atoms with Gasteiger partial charge in [-0.3, -0.25) is 4.79 Å². The molecule has 21 heavy (non-hydrogen) atoms. The fourth-order valence-corrected chi connectivity index (χ4v) is 2.55. The highest BCUT2D eigenvalue weighted by atomic mass is 19.3. The number of nitrogens with zero attached hydrogens (tertiary/aromatic N) is 1. The van der Waals surface area contributed by atoms with E-state index in [0.29, 0.717) is 13.1 Å². The minimum atomic E-state index is -2.65. The van der Waals surface area contributed by atoms with Crippen molar-refractivity contribution in [2.75, 3.05) is 18.4 Å². The van der Waals surface area contributed by atoms with Crippen LogP contribution in [-0.4, -0.2) is 36.4 Å². The molecule has 5 heteroatoms. The normalized spacial score (nSPS) is 19.7. The Kier molecular flexibility index (Phi) is 4.80. The van der Waals surface area contributed by atoms with Gasteiger partial charge in [-0.05, 0) is 38.8 Å². The van der Waals surface area contributed by atoms with E-state index in [2.05, 4.69) is 5.32 Å². The van der Waals surface area contributed by atoms with Gasteiger partial charge in [0.2, 0.25) is 5.91 Å². The lowest BCUT2D eigenvalue weighted by Crippen LogP contribution is -2.51. The minimum absolute atomic E-state index is 0.110. The first-order valence-electron chi connectivity index (χ1n) is 7.30.